The first-order valence-corrected chi connectivity index (χ1v) is 5.94. The van der Waals surface area contributed by atoms with Gasteiger partial charge in [0.25, 0.3) is 0 Å². The summed E-state index contributed by atoms with van der Waals surface area (Å²) in [6.45, 7) is 0. The molecule has 1 aromatic carbocycles. The van der Waals surface area contributed by atoms with Gasteiger partial charge in [0.15, 0.2) is 23.3 Å². The van der Waals surface area contributed by atoms with Crippen molar-refractivity contribution in [3.63, 3.8) is 0 Å². The van der Waals surface area contributed by atoms with Gasteiger partial charge in [-0.15, -0.1) is 0 Å². The van der Waals surface area contributed by atoms with E-state index in [0.717, 1.165) is 0 Å². The molecule has 0 aliphatic heterocycles. The van der Waals surface area contributed by atoms with Gasteiger partial charge in [-0.25, -0.2) is 27.2 Å². The van der Waals surface area contributed by atoms with Gasteiger partial charge in [0, 0.05) is 6.07 Å². The molecule has 1 aromatic rings. The Bertz CT molecular complexity index is 578. The molecule has 1 atom stereocenters. The Labute approximate surface area is 115 Å². The van der Waals surface area contributed by atoms with Crippen LogP contribution in [-0.2, 0) is 4.79 Å². The number of nitrogens with one attached hydrogen (secondary N) is 2. The minimum Gasteiger partial charge on any atom is -0.480 e. The number of hydrogen-bond acceptors (Lipinski definition) is 2. The van der Waals surface area contributed by atoms with E-state index in [1.54, 1.807) is 5.32 Å². The highest BCUT2D eigenvalue weighted by molar-refractivity contribution is 5.92. The molecule has 3 N–H and O–H groups in total. The summed E-state index contributed by atoms with van der Waals surface area (Å²) in [7, 11) is 0. The normalized spacial score (nSPS) is 15.4. The van der Waals surface area contributed by atoms with Gasteiger partial charge in [0.05, 0.1) is 0 Å². The number of rotatable bonds is 4. The van der Waals surface area contributed by atoms with E-state index >= 15 is 0 Å². The second-order valence-corrected chi connectivity index (χ2v) is 4.59. The van der Waals surface area contributed by atoms with Gasteiger partial charge in [0.1, 0.15) is 11.7 Å². The van der Waals surface area contributed by atoms with E-state index in [0.29, 0.717) is 12.8 Å². The Kier molecular flexibility index (Phi) is 4.01. The zero-order valence-electron chi connectivity index (χ0n) is 10.4. The fourth-order valence-electron chi connectivity index (χ4n) is 1.78. The number of halogens is 4. The Balaban J connectivity index is 2.14. The molecule has 0 heterocycles. The molecule has 1 fully saturated rings. The number of hydrogen-bond donors (Lipinski definition) is 3. The van der Waals surface area contributed by atoms with Crippen LogP contribution in [0.5, 0.6) is 0 Å². The molecule has 0 aromatic heterocycles. The molecule has 5 nitrogen and oxygen atoms in total. The van der Waals surface area contributed by atoms with Crippen molar-refractivity contribution in [2.45, 2.75) is 18.9 Å². The zero-order chi connectivity index (χ0) is 15.7. The van der Waals surface area contributed by atoms with Crippen LogP contribution in [0, 0.1) is 29.2 Å². The molecule has 1 aliphatic carbocycles. The van der Waals surface area contributed by atoms with Crippen LogP contribution in [0.15, 0.2) is 6.07 Å². The summed E-state index contributed by atoms with van der Waals surface area (Å²) in [5.41, 5.74) is -1.31. The lowest BCUT2D eigenvalue weighted by Crippen LogP contribution is -2.44. The Morgan fingerprint density at radius 2 is 1.67 bits per heavy atom. The van der Waals surface area contributed by atoms with Crippen molar-refractivity contribution in [3.8, 4) is 0 Å². The maximum absolute atomic E-state index is 13.3. The molecule has 21 heavy (non-hydrogen) atoms. The van der Waals surface area contributed by atoms with E-state index in [1.807, 2.05) is 5.32 Å². The Morgan fingerprint density at radius 3 is 2.10 bits per heavy atom. The summed E-state index contributed by atoms with van der Waals surface area (Å²) in [5, 5.41) is 12.5. The number of carboxylic acid groups (broad SMARTS) is 1. The highest BCUT2D eigenvalue weighted by atomic mass is 19.2. The van der Waals surface area contributed by atoms with Crippen LogP contribution in [0.1, 0.15) is 12.8 Å². The van der Waals surface area contributed by atoms with Gasteiger partial charge in [-0.1, -0.05) is 0 Å². The van der Waals surface area contributed by atoms with E-state index in [4.69, 9.17) is 5.11 Å². The largest absolute Gasteiger partial charge is 0.480 e. The molecule has 1 aliphatic rings. The van der Waals surface area contributed by atoms with Gasteiger partial charge < -0.3 is 15.7 Å². The topological polar surface area (TPSA) is 78.4 Å². The van der Waals surface area contributed by atoms with Crippen molar-refractivity contribution in [2.75, 3.05) is 5.32 Å². The van der Waals surface area contributed by atoms with Crippen LogP contribution < -0.4 is 10.6 Å². The number of amides is 2. The molecular weight excluding hydrogens is 296 g/mol. The molecule has 0 radical (unpaired) electrons. The summed E-state index contributed by atoms with van der Waals surface area (Å²) in [5.74, 6) is -8.49. The molecule has 0 spiro atoms. The standard InChI is InChI=1S/C12H10F4N2O3/c13-5-3-6(14)8(16)10(7(5)15)18-12(21)17-9(11(19)20)4-1-2-4/h3-4,9H,1-2H2,(H,19,20)(H2,17,18,21). The summed E-state index contributed by atoms with van der Waals surface area (Å²) < 4.78 is 52.6. The number of urea groups is 1. The Hall–Kier alpha value is -2.32. The number of anilines is 1. The van der Waals surface area contributed by atoms with Crippen molar-refractivity contribution >= 4 is 17.7 Å². The number of carbonyl (C=O) groups is 2. The van der Waals surface area contributed by atoms with E-state index in [2.05, 4.69) is 0 Å². The number of carboxylic acids is 1. The number of carbonyl (C=O) groups excluding carboxylic acids is 1. The van der Waals surface area contributed by atoms with Crippen molar-refractivity contribution in [1.82, 2.24) is 5.32 Å². The Morgan fingerprint density at radius 1 is 1.14 bits per heavy atom. The minimum absolute atomic E-state index is 0.00198. The van der Waals surface area contributed by atoms with Crippen molar-refractivity contribution < 1.29 is 32.3 Å². The third-order valence-corrected chi connectivity index (χ3v) is 3.00. The fraction of sp³-hybridized carbons (Fsp3) is 0.333. The smallest absolute Gasteiger partial charge is 0.326 e. The summed E-state index contributed by atoms with van der Waals surface area (Å²) >= 11 is 0. The van der Waals surface area contributed by atoms with Crippen LogP contribution in [0.3, 0.4) is 0 Å². The lowest BCUT2D eigenvalue weighted by atomic mass is 10.2. The average Bonchev–Trinajstić information content (AvgIpc) is 3.22. The summed E-state index contributed by atoms with van der Waals surface area (Å²) in [6, 6.07) is -2.50. The zero-order valence-corrected chi connectivity index (χ0v) is 10.4. The molecule has 0 saturated heterocycles. The summed E-state index contributed by atoms with van der Waals surface area (Å²) in [6.07, 6.45) is 1.18. The van der Waals surface area contributed by atoms with Crippen LogP contribution in [0.2, 0.25) is 0 Å². The molecule has 2 amide bonds. The first-order valence-electron chi connectivity index (χ1n) is 5.94. The molecule has 1 unspecified atom stereocenters. The monoisotopic (exact) mass is 306 g/mol. The second-order valence-electron chi connectivity index (χ2n) is 4.59. The molecule has 2 rings (SSSR count). The quantitative estimate of drug-likeness (QED) is 0.589. The van der Waals surface area contributed by atoms with E-state index in [9.17, 15) is 27.2 Å². The highest BCUT2D eigenvalue weighted by Gasteiger charge is 2.37. The van der Waals surface area contributed by atoms with Gasteiger partial charge in [-0.2, -0.15) is 0 Å². The third kappa shape index (κ3) is 3.23. The van der Waals surface area contributed by atoms with E-state index in [-0.39, 0.29) is 12.0 Å². The molecule has 114 valence electrons. The van der Waals surface area contributed by atoms with Crippen molar-refractivity contribution in [1.29, 1.82) is 0 Å². The van der Waals surface area contributed by atoms with Gasteiger partial charge in [0.2, 0.25) is 0 Å². The number of benzene rings is 1. The lowest BCUT2D eigenvalue weighted by Gasteiger charge is -2.15. The average molecular weight is 306 g/mol. The van der Waals surface area contributed by atoms with Crippen LogP contribution >= 0.6 is 0 Å². The van der Waals surface area contributed by atoms with Gasteiger partial charge in [-0.3, -0.25) is 0 Å². The van der Waals surface area contributed by atoms with Crippen molar-refractivity contribution in [2.24, 2.45) is 5.92 Å². The molecule has 9 heteroatoms. The van der Waals surface area contributed by atoms with E-state index < -0.39 is 47.0 Å². The predicted molar refractivity (Wildman–Crippen MR) is 62.6 cm³/mol. The first kappa shape index (κ1) is 15.1. The maximum Gasteiger partial charge on any atom is 0.326 e. The summed E-state index contributed by atoms with van der Waals surface area (Å²) in [4.78, 5) is 22.4. The van der Waals surface area contributed by atoms with Crippen LogP contribution in [0.25, 0.3) is 0 Å². The second kappa shape index (κ2) is 5.58. The SMILES string of the molecule is O=C(Nc1c(F)c(F)cc(F)c1F)NC(C(=O)O)C1CC1. The van der Waals surface area contributed by atoms with Gasteiger partial charge in [-0.05, 0) is 18.8 Å². The van der Waals surface area contributed by atoms with Crippen LogP contribution in [-0.4, -0.2) is 23.1 Å². The minimum atomic E-state index is -1.78. The van der Waals surface area contributed by atoms with Crippen LogP contribution in [0.4, 0.5) is 28.0 Å². The highest BCUT2D eigenvalue weighted by Crippen LogP contribution is 2.33. The molecule has 0 bridgehead atoms. The maximum atomic E-state index is 13.3. The van der Waals surface area contributed by atoms with E-state index in [1.165, 1.54) is 0 Å². The molecular formula is C12H10F4N2O3. The van der Waals surface area contributed by atoms with Gasteiger partial charge >= 0.3 is 12.0 Å². The fourth-order valence-corrected chi connectivity index (χ4v) is 1.78. The predicted octanol–water partition coefficient (Wildman–Crippen LogP) is 2.23. The first-order chi connectivity index (χ1) is 9.81. The molecule has 1 saturated carbocycles. The van der Waals surface area contributed by atoms with Crippen molar-refractivity contribution in [3.05, 3.63) is 29.3 Å². The lowest BCUT2D eigenvalue weighted by molar-refractivity contribution is -0.139. The third-order valence-electron chi connectivity index (χ3n) is 3.00. The number of aliphatic carboxylic acids is 1.